The van der Waals surface area contributed by atoms with E-state index in [2.05, 4.69) is 15.0 Å². The number of aryl methyl sites for hydroxylation is 1. The molecule has 2 aromatic rings. The zero-order valence-electron chi connectivity index (χ0n) is 8.51. The maximum atomic E-state index is 5.48. The lowest BCUT2D eigenvalue weighted by atomic mass is 10.1. The van der Waals surface area contributed by atoms with Crippen LogP contribution in [0.4, 0.5) is 0 Å². The quantitative estimate of drug-likeness (QED) is 0.793. The second-order valence-corrected chi connectivity index (χ2v) is 3.31. The third-order valence-corrected chi connectivity index (χ3v) is 2.22. The van der Waals surface area contributed by atoms with E-state index in [1.165, 1.54) is 0 Å². The first kappa shape index (κ1) is 9.73. The van der Waals surface area contributed by atoms with E-state index in [-0.39, 0.29) is 0 Å². The van der Waals surface area contributed by atoms with E-state index in [0.29, 0.717) is 12.4 Å². The molecule has 4 nitrogen and oxygen atoms in total. The Labute approximate surface area is 88.2 Å². The maximum Gasteiger partial charge on any atom is 0.160 e. The van der Waals surface area contributed by atoms with Crippen LogP contribution in [0.5, 0.6) is 0 Å². The number of aromatic nitrogens is 3. The van der Waals surface area contributed by atoms with Gasteiger partial charge in [-0.1, -0.05) is 0 Å². The molecule has 76 valence electrons. The molecule has 0 saturated heterocycles. The highest BCUT2D eigenvalue weighted by molar-refractivity contribution is 5.57. The summed E-state index contributed by atoms with van der Waals surface area (Å²) in [5.41, 5.74) is 8.48. The molecule has 0 saturated carbocycles. The van der Waals surface area contributed by atoms with Gasteiger partial charge in [0.05, 0.1) is 0 Å². The van der Waals surface area contributed by atoms with Crippen LogP contribution in [-0.4, -0.2) is 15.0 Å². The SMILES string of the molecule is Cc1ccncc1-c1ncc(CN)cn1. The highest BCUT2D eigenvalue weighted by Crippen LogP contribution is 2.17. The molecule has 4 heteroatoms. The van der Waals surface area contributed by atoms with Gasteiger partial charge >= 0.3 is 0 Å². The van der Waals surface area contributed by atoms with Crippen LogP contribution in [0, 0.1) is 6.92 Å². The maximum absolute atomic E-state index is 5.48. The van der Waals surface area contributed by atoms with Gasteiger partial charge in [0.1, 0.15) is 0 Å². The molecule has 0 aliphatic carbocycles. The Bertz CT molecular complexity index is 450. The molecular weight excluding hydrogens is 188 g/mol. The molecule has 0 aliphatic rings. The van der Waals surface area contributed by atoms with Crippen molar-refractivity contribution in [3.8, 4) is 11.4 Å². The number of nitrogens with zero attached hydrogens (tertiary/aromatic N) is 3. The van der Waals surface area contributed by atoms with Crippen LogP contribution in [0.3, 0.4) is 0 Å². The molecule has 0 aromatic carbocycles. The van der Waals surface area contributed by atoms with Crippen molar-refractivity contribution >= 4 is 0 Å². The Balaban J connectivity index is 2.42. The standard InChI is InChI=1S/C11H12N4/c1-8-2-3-13-7-10(8)11-14-5-9(4-12)6-15-11/h2-3,5-7H,4,12H2,1H3. The lowest BCUT2D eigenvalue weighted by molar-refractivity contribution is 1.01. The Kier molecular flexibility index (Phi) is 2.69. The van der Waals surface area contributed by atoms with Crippen molar-refractivity contribution in [3.63, 3.8) is 0 Å². The molecule has 0 unspecified atom stereocenters. The Morgan fingerprint density at radius 1 is 1.20 bits per heavy atom. The lowest BCUT2D eigenvalue weighted by Gasteiger charge is -2.03. The van der Waals surface area contributed by atoms with Crippen LogP contribution < -0.4 is 5.73 Å². The summed E-state index contributed by atoms with van der Waals surface area (Å²) in [6.45, 7) is 2.48. The lowest BCUT2D eigenvalue weighted by Crippen LogP contribution is -1.99. The predicted octanol–water partition coefficient (Wildman–Crippen LogP) is 1.31. The van der Waals surface area contributed by atoms with Crippen molar-refractivity contribution < 1.29 is 0 Å². The molecule has 0 bridgehead atoms. The largest absolute Gasteiger partial charge is 0.326 e. The molecule has 0 spiro atoms. The first-order valence-electron chi connectivity index (χ1n) is 4.73. The van der Waals surface area contributed by atoms with Crippen LogP contribution in [0.25, 0.3) is 11.4 Å². The van der Waals surface area contributed by atoms with Crippen LogP contribution in [0.1, 0.15) is 11.1 Å². The summed E-state index contributed by atoms with van der Waals surface area (Å²) in [5.74, 6) is 0.692. The van der Waals surface area contributed by atoms with Crippen molar-refractivity contribution in [3.05, 3.63) is 42.0 Å². The fraction of sp³-hybridized carbons (Fsp3) is 0.182. The van der Waals surface area contributed by atoms with Crippen molar-refractivity contribution in [1.29, 1.82) is 0 Å². The first-order chi connectivity index (χ1) is 7.31. The Morgan fingerprint density at radius 3 is 2.53 bits per heavy atom. The molecule has 0 fully saturated rings. The average molecular weight is 200 g/mol. The summed E-state index contributed by atoms with van der Waals surface area (Å²) in [6.07, 6.45) is 7.02. The van der Waals surface area contributed by atoms with E-state index >= 15 is 0 Å². The summed E-state index contributed by atoms with van der Waals surface area (Å²) in [4.78, 5) is 12.6. The number of hydrogen-bond acceptors (Lipinski definition) is 4. The third-order valence-electron chi connectivity index (χ3n) is 2.22. The smallest absolute Gasteiger partial charge is 0.160 e. The third kappa shape index (κ3) is 1.99. The monoisotopic (exact) mass is 200 g/mol. The summed E-state index contributed by atoms with van der Waals surface area (Å²) in [6, 6.07) is 1.94. The van der Waals surface area contributed by atoms with Gasteiger partial charge < -0.3 is 5.73 Å². The predicted molar refractivity (Wildman–Crippen MR) is 57.9 cm³/mol. The van der Waals surface area contributed by atoms with Crippen molar-refractivity contribution in [2.24, 2.45) is 5.73 Å². The molecule has 0 atom stereocenters. The van der Waals surface area contributed by atoms with Crippen LogP contribution in [0.15, 0.2) is 30.9 Å². The summed E-state index contributed by atoms with van der Waals surface area (Å²) in [7, 11) is 0. The minimum atomic E-state index is 0.465. The number of nitrogens with two attached hydrogens (primary N) is 1. The second kappa shape index (κ2) is 4.14. The van der Waals surface area contributed by atoms with Crippen LogP contribution in [0.2, 0.25) is 0 Å². The zero-order valence-corrected chi connectivity index (χ0v) is 8.51. The van der Waals surface area contributed by atoms with E-state index in [4.69, 9.17) is 5.73 Å². The van der Waals surface area contributed by atoms with E-state index in [1.807, 2.05) is 13.0 Å². The van der Waals surface area contributed by atoms with Gasteiger partial charge in [0.15, 0.2) is 5.82 Å². The van der Waals surface area contributed by atoms with Gasteiger partial charge in [-0.2, -0.15) is 0 Å². The van der Waals surface area contributed by atoms with Crippen LogP contribution >= 0.6 is 0 Å². The molecule has 2 N–H and O–H groups in total. The van der Waals surface area contributed by atoms with E-state index in [0.717, 1.165) is 16.7 Å². The van der Waals surface area contributed by atoms with E-state index in [1.54, 1.807) is 24.8 Å². The van der Waals surface area contributed by atoms with E-state index < -0.39 is 0 Å². The molecular formula is C11H12N4. The molecule has 2 aromatic heterocycles. The number of pyridine rings is 1. The fourth-order valence-electron chi connectivity index (χ4n) is 1.30. The van der Waals surface area contributed by atoms with E-state index in [9.17, 15) is 0 Å². The second-order valence-electron chi connectivity index (χ2n) is 3.31. The molecule has 0 aliphatic heterocycles. The molecule has 2 rings (SSSR count). The van der Waals surface area contributed by atoms with Crippen molar-refractivity contribution in [2.75, 3.05) is 0 Å². The van der Waals surface area contributed by atoms with Gasteiger partial charge in [0.2, 0.25) is 0 Å². The van der Waals surface area contributed by atoms with Crippen molar-refractivity contribution in [1.82, 2.24) is 15.0 Å². The van der Waals surface area contributed by atoms with Crippen LogP contribution in [-0.2, 0) is 6.54 Å². The normalized spacial score (nSPS) is 10.3. The van der Waals surface area contributed by atoms with Gasteiger partial charge in [-0.25, -0.2) is 9.97 Å². The zero-order chi connectivity index (χ0) is 10.7. The van der Waals surface area contributed by atoms with Gasteiger partial charge in [-0.15, -0.1) is 0 Å². The molecule has 15 heavy (non-hydrogen) atoms. The number of rotatable bonds is 2. The minimum absolute atomic E-state index is 0.465. The first-order valence-corrected chi connectivity index (χ1v) is 4.73. The van der Waals surface area contributed by atoms with Crippen molar-refractivity contribution in [2.45, 2.75) is 13.5 Å². The topological polar surface area (TPSA) is 64.7 Å². The van der Waals surface area contributed by atoms with Gasteiger partial charge in [-0.05, 0) is 18.6 Å². The summed E-state index contributed by atoms with van der Waals surface area (Å²) in [5, 5.41) is 0. The summed E-state index contributed by atoms with van der Waals surface area (Å²) < 4.78 is 0. The molecule has 2 heterocycles. The highest BCUT2D eigenvalue weighted by Gasteiger charge is 2.03. The highest BCUT2D eigenvalue weighted by atomic mass is 14.9. The van der Waals surface area contributed by atoms with Gasteiger partial charge in [0.25, 0.3) is 0 Å². The van der Waals surface area contributed by atoms with Gasteiger partial charge in [0, 0.05) is 42.5 Å². The average Bonchev–Trinajstić information content (AvgIpc) is 2.30. The minimum Gasteiger partial charge on any atom is -0.326 e. The Morgan fingerprint density at radius 2 is 1.93 bits per heavy atom. The summed E-state index contributed by atoms with van der Waals surface area (Å²) >= 11 is 0. The van der Waals surface area contributed by atoms with Gasteiger partial charge in [-0.3, -0.25) is 4.98 Å². The Hall–Kier alpha value is -1.81. The molecule has 0 radical (unpaired) electrons. The number of hydrogen-bond donors (Lipinski definition) is 1. The molecule has 0 amide bonds. The fourth-order valence-corrected chi connectivity index (χ4v) is 1.30.